The molecule has 0 atom stereocenters. The summed E-state index contributed by atoms with van der Waals surface area (Å²) in [6.07, 6.45) is 1.06. The number of anilines is 3. The molecule has 1 heterocycles. The molecule has 5 heteroatoms. The Morgan fingerprint density at radius 3 is 2.50 bits per heavy atom. The average molecular weight is 374 g/mol. The maximum atomic E-state index is 11.6. The highest BCUT2D eigenvalue weighted by Crippen LogP contribution is 2.23. The van der Waals surface area contributed by atoms with Crippen LogP contribution in [0.1, 0.15) is 37.6 Å². The van der Waals surface area contributed by atoms with E-state index in [1.165, 1.54) is 0 Å². The molecule has 3 aromatic rings. The van der Waals surface area contributed by atoms with Crippen LogP contribution in [0, 0.1) is 5.92 Å². The van der Waals surface area contributed by atoms with E-state index < -0.39 is 0 Å². The Labute approximate surface area is 166 Å². The fourth-order valence-electron chi connectivity index (χ4n) is 2.78. The van der Waals surface area contributed by atoms with Crippen molar-refractivity contribution in [1.29, 1.82) is 0 Å². The first-order valence-electron chi connectivity index (χ1n) is 9.57. The number of carbonyl (C=O) groups is 1. The predicted molar refractivity (Wildman–Crippen MR) is 115 cm³/mol. The maximum absolute atomic E-state index is 11.6. The van der Waals surface area contributed by atoms with Gasteiger partial charge in [0, 0.05) is 29.4 Å². The summed E-state index contributed by atoms with van der Waals surface area (Å²) in [4.78, 5) is 20.9. The molecule has 1 aromatic heterocycles. The molecule has 0 amide bonds. The molecule has 0 saturated heterocycles. The molecule has 5 nitrogen and oxygen atoms in total. The monoisotopic (exact) mass is 374 g/mol. The van der Waals surface area contributed by atoms with Crippen molar-refractivity contribution in [2.24, 2.45) is 5.92 Å². The Balaban J connectivity index is 1.90. The summed E-state index contributed by atoms with van der Waals surface area (Å²) in [6.45, 7) is 6.81. The molecule has 0 radical (unpaired) electrons. The average Bonchev–Trinajstić information content (AvgIpc) is 2.68. The van der Waals surface area contributed by atoms with Crippen molar-refractivity contribution in [3.8, 4) is 11.3 Å². The molecular weight excluding hydrogens is 348 g/mol. The lowest BCUT2D eigenvalue weighted by atomic mass is 10.1. The number of carbonyl (C=O) groups excluding carboxylic acids is 1. The Kier molecular flexibility index (Phi) is 6.37. The van der Waals surface area contributed by atoms with E-state index in [1.54, 1.807) is 13.0 Å². The van der Waals surface area contributed by atoms with Gasteiger partial charge in [0.05, 0.1) is 5.69 Å². The van der Waals surface area contributed by atoms with E-state index in [-0.39, 0.29) is 5.78 Å². The van der Waals surface area contributed by atoms with Crippen LogP contribution < -0.4 is 10.6 Å². The van der Waals surface area contributed by atoms with Gasteiger partial charge in [-0.25, -0.2) is 4.98 Å². The topological polar surface area (TPSA) is 66.9 Å². The number of ketones is 1. The summed E-state index contributed by atoms with van der Waals surface area (Å²) in [5, 5.41) is 6.63. The SMILES string of the molecule is CC(=O)c1cccc(Nc2nc(NCCC(C)C)cc(-c3ccccc3)n2)c1. The fraction of sp³-hybridized carbons (Fsp3) is 0.261. The lowest BCUT2D eigenvalue weighted by Gasteiger charge is -2.12. The zero-order valence-corrected chi connectivity index (χ0v) is 16.6. The third-order valence-corrected chi connectivity index (χ3v) is 4.35. The summed E-state index contributed by atoms with van der Waals surface area (Å²) in [5.74, 6) is 1.92. The van der Waals surface area contributed by atoms with Crippen LogP contribution in [0.2, 0.25) is 0 Å². The van der Waals surface area contributed by atoms with Gasteiger partial charge in [-0.1, -0.05) is 56.3 Å². The molecule has 2 aromatic carbocycles. The minimum Gasteiger partial charge on any atom is -0.370 e. The maximum Gasteiger partial charge on any atom is 0.229 e. The number of hydrogen-bond acceptors (Lipinski definition) is 5. The third-order valence-electron chi connectivity index (χ3n) is 4.35. The van der Waals surface area contributed by atoms with E-state index in [1.807, 2.05) is 54.6 Å². The van der Waals surface area contributed by atoms with Gasteiger partial charge in [0.1, 0.15) is 5.82 Å². The Morgan fingerprint density at radius 1 is 1.00 bits per heavy atom. The zero-order valence-electron chi connectivity index (χ0n) is 16.6. The second-order valence-corrected chi connectivity index (χ2v) is 7.20. The highest BCUT2D eigenvalue weighted by Gasteiger charge is 2.08. The number of Topliss-reactive ketones (excluding diaryl/α,β-unsaturated/α-hetero) is 1. The molecule has 0 fully saturated rings. The quantitative estimate of drug-likeness (QED) is 0.506. The van der Waals surface area contributed by atoms with Gasteiger partial charge in [-0.2, -0.15) is 4.98 Å². The Morgan fingerprint density at radius 2 is 1.79 bits per heavy atom. The van der Waals surface area contributed by atoms with Crippen LogP contribution >= 0.6 is 0 Å². The van der Waals surface area contributed by atoms with E-state index in [2.05, 4.69) is 34.4 Å². The van der Waals surface area contributed by atoms with E-state index in [0.29, 0.717) is 17.4 Å². The number of nitrogens with one attached hydrogen (secondary N) is 2. The van der Waals surface area contributed by atoms with Crippen LogP contribution in [-0.2, 0) is 0 Å². The van der Waals surface area contributed by atoms with E-state index in [4.69, 9.17) is 0 Å². The van der Waals surface area contributed by atoms with Crippen LogP contribution in [0.15, 0.2) is 60.7 Å². The third kappa shape index (κ3) is 5.39. The molecule has 0 aliphatic carbocycles. The normalized spacial score (nSPS) is 10.7. The summed E-state index contributed by atoms with van der Waals surface area (Å²) in [5.41, 5.74) is 3.30. The minimum atomic E-state index is 0.0265. The van der Waals surface area contributed by atoms with Gasteiger partial charge < -0.3 is 10.6 Å². The van der Waals surface area contributed by atoms with E-state index >= 15 is 0 Å². The van der Waals surface area contributed by atoms with Gasteiger partial charge in [0.15, 0.2) is 5.78 Å². The molecule has 2 N–H and O–H groups in total. The van der Waals surface area contributed by atoms with Crippen LogP contribution in [-0.4, -0.2) is 22.3 Å². The number of aromatic nitrogens is 2. The van der Waals surface area contributed by atoms with E-state index in [0.717, 1.165) is 35.7 Å². The molecule has 144 valence electrons. The Hall–Kier alpha value is -3.21. The van der Waals surface area contributed by atoms with Gasteiger partial charge in [-0.05, 0) is 31.4 Å². The van der Waals surface area contributed by atoms with Crippen molar-refractivity contribution in [1.82, 2.24) is 9.97 Å². The standard InChI is InChI=1S/C23H26N4O/c1-16(2)12-13-24-22-15-21(18-8-5-4-6-9-18)26-23(27-22)25-20-11-7-10-19(14-20)17(3)28/h4-11,14-16H,12-13H2,1-3H3,(H2,24,25,26,27). The first-order chi connectivity index (χ1) is 13.5. The first kappa shape index (κ1) is 19.5. The molecular formula is C23H26N4O. The van der Waals surface area contributed by atoms with Crippen LogP contribution in [0.4, 0.5) is 17.5 Å². The molecule has 0 unspecified atom stereocenters. The molecule has 0 bridgehead atoms. The minimum absolute atomic E-state index is 0.0265. The van der Waals surface area contributed by atoms with Crippen molar-refractivity contribution in [2.45, 2.75) is 27.2 Å². The molecule has 0 aliphatic rings. The van der Waals surface area contributed by atoms with Crippen molar-refractivity contribution >= 4 is 23.2 Å². The number of benzene rings is 2. The van der Waals surface area contributed by atoms with Crippen molar-refractivity contribution in [2.75, 3.05) is 17.2 Å². The highest BCUT2D eigenvalue weighted by molar-refractivity contribution is 5.95. The first-order valence-corrected chi connectivity index (χ1v) is 9.57. The number of hydrogen-bond donors (Lipinski definition) is 2. The lowest BCUT2D eigenvalue weighted by molar-refractivity contribution is 0.101. The van der Waals surface area contributed by atoms with Gasteiger partial charge in [0.25, 0.3) is 0 Å². The van der Waals surface area contributed by atoms with Gasteiger partial charge in [-0.15, -0.1) is 0 Å². The molecule has 3 rings (SSSR count). The smallest absolute Gasteiger partial charge is 0.229 e. The van der Waals surface area contributed by atoms with Crippen LogP contribution in [0.25, 0.3) is 11.3 Å². The summed E-state index contributed by atoms with van der Waals surface area (Å²) in [7, 11) is 0. The van der Waals surface area contributed by atoms with Gasteiger partial charge in [-0.3, -0.25) is 4.79 Å². The number of nitrogens with zero attached hydrogens (tertiary/aromatic N) is 2. The fourth-order valence-corrected chi connectivity index (χ4v) is 2.78. The summed E-state index contributed by atoms with van der Waals surface area (Å²) < 4.78 is 0. The van der Waals surface area contributed by atoms with Crippen LogP contribution in [0.3, 0.4) is 0 Å². The Bertz CT molecular complexity index is 938. The largest absolute Gasteiger partial charge is 0.370 e. The van der Waals surface area contributed by atoms with Crippen molar-refractivity contribution < 1.29 is 4.79 Å². The molecule has 28 heavy (non-hydrogen) atoms. The summed E-state index contributed by atoms with van der Waals surface area (Å²) in [6, 6.07) is 19.4. The predicted octanol–water partition coefficient (Wildman–Crippen LogP) is 5.55. The molecule has 0 saturated carbocycles. The van der Waals surface area contributed by atoms with Gasteiger partial charge >= 0.3 is 0 Å². The second kappa shape index (κ2) is 9.13. The molecule has 0 aliphatic heterocycles. The highest BCUT2D eigenvalue weighted by atomic mass is 16.1. The summed E-state index contributed by atoms with van der Waals surface area (Å²) >= 11 is 0. The number of rotatable bonds is 8. The second-order valence-electron chi connectivity index (χ2n) is 7.20. The van der Waals surface area contributed by atoms with Crippen LogP contribution in [0.5, 0.6) is 0 Å². The lowest BCUT2D eigenvalue weighted by Crippen LogP contribution is -2.08. The van der Waals surface area contributed by atoms with E-state index in [9.17, 15) is 4.79 Å². The van der Waals surface area contributed by atoms with Gasteiger partial charge in [0.2, 0.25) is 5.95 Å². The van der Waals surface area contributed by atoms with Crippen molar-refractivity contribution in [3.63, 3.8) is 0 Å². The zero-order chi connectivity index (χ0) is 19.9. The van der Waals surface area contributed by atoms with Crippen molar-refractivity contribution in [3.05, 3.63) is 66.2 Å². The molecule has 0 spiro atoms.